The molecule has 1 aromatic carbocycles. The van der Waals surface area contributed by atoms with Crippen LogP contribution in [0.4, 0.5) is 0 Å². The molecule has 0 saturated carbocycles. The molecule has 20 heavy (non-hydrogen) atoms. The molecule has 0 amide bonds. The summed E-state index contributed by atoms with van der Waals surface area (Å²) in [7, 11) is 0. The Hall–Kier alpha value is -1.94. The molecular weight excluding hydrogens is 278 g/mol. The second kappa shape index (κ2) is 6.01. The van der Waals surface area contributed by atoms with Gasteiger partial charge in [-0.05, 0) is 31.6 Å². The van der Waals surface area contributed by atoms with Gasteiger partial charge in [0.25, 0.3) is 0 Å². The van der Waals surface area contributed by atoms with Crippen LogP contribution < -0.4 is 0 Å². The number of Topliss-reactive ketones (excluding diaryl/α,β-unsaturated/α-hetero) is 1. The van der Waals surface area contributed by atoms with Crippen molar-refractivity contribution < 1.29 is 14.3 Å². The lowest BCUT2D eigenvalue weighted by molar-refractivity contribution is -0.147. The quantitative estimate of drug-likeness (QED) is 0.489. The molecule has 0 N–H and O–H groups in total. The molecule has 0 bridgehead atoms. The Bertz CT molecular complexity index is 619. The number of carbonyl (C=O) groups excluding carboxylic acids is 2. The van der Waals surface area contributed by atoms with Gasteiger partial charge in [0, 0.05) is 10.7 Å². The van der Waals surface area contributed by atoms with Gasteiger partial charge in [0.1, 0.15) is 5.70 Å². The van der Waals surface area contributed by atoms with E-state index in [1.807, 2.05) is 6.07 Å². The fourth-order valence-corrected chi connectivity index (χ4v) is 2.18. The highest BCUT2D eigenvalue weighted by atomic mass is 35.5. The number of esters is 1. The van der Waals surface area contributed by atoms with Gasteiger partial charge in [-0.25, -0.2) is 0 Å². The van der Waals surface area contributed by atoms with Crippen molar-refractivity contribution in [1.29, 1.82) is 0 Å². The molecule has 1 aromatic rings. The van der Waals surface area contributed by atoms with Gasteiger partial charge >= 0.3 is 5.97 Å². The van der Waals surface area contributed by atoms with E-state index in [1.165, 1.54) is 0 Å². The standard InChI is InChI=1S/C15H14ClNO3/c1-3-20-15(19)13-9(2)17-12(14(13)18)8-10-6-4-5-7-11(10)16/h4-8,13H,3H2,1-2H3/b12-8+. The first kappa shape index (κ1) is 14.5. The Labute approximate surface area is 122 Å². The van der Waals surface area contributed by atoms with Crippen molar-refractivity contribution in [3.8, 4) is 0 Å². The van der Waals surface area contributed by atoms with Crippen molar-refractivity contribution in [2.24, 2.45) is 10.9 Å². The first-order valence-corrected chi connectivity index (χ1v) is 6.64. The molecule has 1 atom stereocenters. The third-order valence-electron chi connectivity index (χ3n) is 2.95. The highest BCUT2D eigenvalue weighted by Crippen LogP contribution is 2.25. The van der Waals surface area contributed by atoms with E-state index in [1.54, 1.807) is 38.1 Å². The summed E-state index contributed by atoms with van der Waals surface area (Å²) in [5, 5.41) is 0.528. The molecule has 1 unspecified atom stereocenters. The molecule has 5 heteroatoms. The van der Waals surface area contributed by atoms with Crippen LogP contribution >= 0.6 is 11.6 Å². The Balaban J connectivity index is 2.31. The third kappa shape index (κ3) is 2.80. The number of ketones is 1. The van der Waals surface area contributed by atoms with E-state index in [4.69, 9.17) is 16.3 Å². The summed E-state index contributed by atoms with van der Waals surface area (Å²) in [5.74, 6) is -1.83. The first-order valence-electron chi connectivity index (χ1n) is 6.27. The van der Waals surface area contributed by atoms with Crippen LogP contribution in [0.15, 0.2) is 35.0 Å². The van der Waals surface area contributed by atoms with Gasteiger partial charge in [-0.1, -0.05) is 29.8 Å². The van der Waals surface area contributed by atoms with E-state index in [2.05, 4.69) is 4.99 Å². The molecule has 1 aliphatic rings. The van der Waals surface area contributed by atoms with Crippen LogP contribution in [0.5, 0.6) is 0 Å². The average molecular weight is 292 g/mol. The van der Waals surface area contributed by atoms with Crippen molar-refractivity contribution in [3.05, 3.63) is 40.5 Å². The minimum atomic E-state index is -0.927. The van der Waals surface area contributed by atoms with Gasteiger partial charge in [0.2, 0.25) is 5.78 Å². The molecular formula is C15H14ClNO3. The Morgan fingerprint density at radius 3 is 2.80 bits per heavy atom. The minimum Gasteiger partial charge on any atom is -0.465 e. The highest BCUT2D eigenvalue weighted by molar-refractivity contribution is 6.33. The van der Waals surface area contributed by atoms with E-state index in [9.17, 15) is 9.59 Å². The smallest absolute Gasteiger partial charge is 0.322 e. The molecule has 2 rings (SSSR count). The molecule has 1 heterocycles. The summed E-state index contributed by atoms with van der Waals surface area (Å²) >= 11 is 6.04. The van der Waals surface area contributed by atoms with Crippen molar-refractivity contribution >= 4 is 35.1 Å². The van der Waals surface area contributed by atoms with Crippen LogP contribution in [0.3, 0.4) is 0 Å². The third-order valence-corrected chi connectivity index (χ3v) is 3.29. The van der Waals surface area contributed by atoms with E-state index in [0.29, 0.717) is 16.3 Å². The van der Waals surface area contributed by atoms with E-state index >= 15 is 0 Å². The Kier molecular flexibility index (Phi) is 4.35. The molecule has 0 spiro atoms. The van der Waals surface area contributed by atoms with Crippen molar-refractivity contribution in [3.63, 3.8) is 0 Å². The summed E-state index contributed by atoms with van der Waals surface area (Å²) in [4.78, 5) is 28.1. The molecule has 0 saturated heterocycles. The molecule has 0 fully saturated rings. The predicted molar refractivity (Wildman–Crippen MR) is 77.7 cm³/mol. The number of allylic oxidation sites excluding steroid dienone is 1. The molecule has 0 aromatic heterocycles. The van der Waals surface area contributed by atoms with E-state index in [0.717, 1.165) is 0 Å². The fourth-order valence-electron chi connectivity index (χ4n) is 1.99. The van der Waals surface area contributed by atoms with Crippen molar-refractivity contribution in [2.45, 2.75) is 13.8 Å². The maximum absolute atomic E-state index is 12.2. The zero-order valence-electron chi connectivity index (χ0n) is 11.2. The zero-order chi connectivity index (χ0) is 14.7. The van der Waals surface area contributed by atoms with Gasteiger partial charge < -0.3 is 4.74 Å². The van der Waals surface area contributed by atoms with Crippen LogP contribution in [-0.4, -0.2) is 24.1 Å². The highest BCUT2D eigenvalue weighted by Gasteiger charge is 2.38. The van der Waals surface area contributed by atoms with Crippen molar-refractivity contribution in [1.82, 2.24) is 0 Å². The lowest BCUT2D eigenvalue weighted by Crippen LogP contribution is -2.28. The van der Waals surface area contributed by atoms with Crippen LogP contribution in [0, 0.1) is 5.92 Å². The Morgan fingerprint density at radius 1 is 1.45 bits per heavy atom. The SMILES string of the molecule is CCOC(=O)C1C(=O)/C(=C\c2ccccc2Cl)N=C1C. The molecule has 0 aliphatic carbocycles. The number of aliphatic imine (C=N–C) groups is 1. The largest absolute Gasteiger partial charge is 0.465 e. The topological polar surface area (TPSA) is 55.7 Å². The summed E-state index contributed by atoms with van der Waals surface area (Å²) in [5.41, 5.74) is 1.37. The van der Waals surface area contributed by atoms with Crippen LogP contribution in [0.25, 0.3) is 6.08 Å². The summed E-state index contributed by atoms with van der Waals surface area (Å²) < 4.78 is 4.90. The van der Waals surface area contributed by atoms with Gasteiger partial charge in [-0.2, -0.15) is 0 Å². The first-order chi connectivity index (χ1) is 9.54. The zero-order valence-corrected chi connectivity index (χ0v) is 12.0. The number of carbonyl (C=O) groups is 2. The number of hydrogen-bond acceptors (Lipinski definition) is 4. The van der Waals surface area contributed by atoms with Gasteiger partial charge in [0.15, 0.2) is 5.92 Å². The number of nitrogens with zero attached hydrogens (tertiary/aromatic N) is 1. The maximum atomic E-state index is 12.2. The molecule has 104 valence electrons. The number of halogens is 1. The number of ether oxygens (including phenoxy) is 1. The summed E-state index contributed by atoms with van der Waals surface area (Å²) in [6.45, 7) is 3.58. The van der Waals surface area contributed by atoms with Crippen LogP contribution in [0.1, 0.15) is 19.4 Å². The minimum absolute atomic E-state index is 0.230. The Morgan fingerprint density at radius 2 is 2.15 bits per heavy atom. The second-order valence-corrected chi connectivity index (χ2v) is 4.76. The van der Waals surface area contributed by atoms with Crippen LogP contribution in [0.2, 0.25) is 5.02 Å². The predicted octanol–water partition coefficient (Wildman–Crippen LogP) is 2.90. The summed E-state index contributed by atoms with van der Waals surface area (Å²) in [6, 6.07) is 7.13. The fraction of sp³-hybridized carbons (Fsp3) is 0.267. The molecule has 1 aliphatic heterocycles. The van der Waals surface area contributed by atoms with Gasteiger partial charge in [-0.3, -0.25) is 14.6 Å². The van der Waals surface area contributed by atoms with E-state index in [-0.39, 0.29) is 18.1 Å². The van der Waals surface area contributed by atoms with E-state index < -0.39 is 11.9 Å². The normalized spacial score (nSPS) is 20.1. The number of benzene rings is 1. The summed E-state index contributed by atoms with van der Waals surface area (Å²) in [6.07, 6.45) is 1.59. The average Bonchev–Trinajstić information content (AvgIpc) is 2.67. The molecule has 4 nitrogen and oxygen atoms in total. The molecule has 0 radical (unpaired) electrons. The lowest BCUT2D eigenvalue weighted by atomic mass is 10.0. The number of hydrogen-bond donors (Lipinski definition) is 0. The van der Waals surface area contributed by atoms with Gasteiger partial charge in [0.05, 0.1) is 6.61 Å². The lowest BCUT2D eigenvalue weighted by Gasteiger charge is -2.07. The van der Waals surface area contributed by atoms with Crippen LogP contribution in [-0.2, 0) is 14.3 Å². The van der Waals surface area contributed by atoms with Crippen molar-refractivity contribution in [2.75, 3.05) is 6.61 Å². The second-order valence-electron chi connectivity index (χ2n) is 4.35. The number of rotatable bonds is 3. The monoisotopic (exact) mass is 291 g/mol. The maximum Gasteiger partial charge on any atom is 0.322 e. The van der Waals surface area contributed by atoms with Gasteiger partial charge in [-0.15, -0.1) is 0 Å².